The summed E-state index contributed by atoms with van der Waals surface area (Å²) in [5.41, 5.74) is 0.622. The molecule has 0 bridgehead atoms. The Labute approximate surface area is 97.7 Å². The fraction of sp³-hybridized carbons (Fsp3) is 0.786. The van der Waals surface area contributed by atoms with Crippen LogP contribution in [0.1, 0.15) is 47.0 Å². The second-order valence-corrected chi connectivity index (χ2v) is 6.16. The number of aliphatic hydroxyl groups is 1. The summed E-state index contributed by atoms with van der Waals surface area (Å²) in [5.74, 6) is 0.934. The number of carbonyl (C=O) groups excluding carboxylic acids is 1. The van der Waals surface area contributed by atoms with Crippen molar-refractivity contribution >= 4 is 5.78 Å². The zero-order valence-corrected chi connectivity index (χ0v) is 10.7. The van der Waals surface area contributed by atoms with Gasteiger partial charge in [0.2, 0.25) is 0 Å². The van der Waals surface area contributed by atoms with E-state index in [2.05, 4.69) is 20.8 Å². The first-order chi connectivity index (χ1) is 7.27. The topological polar surface area (TPSA) is 37.3 Å². The third-order valence-electron chi connectivity index (χ3n) is 5.24. The van der Waals surface area contributed by atoms with Gasteiger partial charge in [0.15, 0.2) is 5.78 Å². The monoisotopic (exact) mass is 222 g/mol. The molecule has 0 aromatic heterocycles. The van der Waals surface area contributed by atoms with Gasteiger partial charge in [-0.05, 0) is 43.1 Å². The van der Waals surface area contributed by atoms with Gasteiger partial charge in [0.05, 0.1) is 5.60 Å². The first kappa shape index (κ1) is 11.8. The highest BCUT2D eigenvalue weighted by molar-refractivity contribution is 5.91. The highest BCUT2D eigenvalue weighted by Crippen LogP contribution is 2.55. The zero-order valence-electron chi connectivity index (χ0n) is 10.7. The largest absolute Gasteiger partial charge is 0.390 e. The van der Waals surface area contributed by atoms with Crippen LogP contribution < -0.4 is 0 Å². The lowest BCUT2D eigenvalue weighted by Gasteiger charge is -2.53. The maximum Gasteiger partial charge on any atom is 0.155 e. The van der Waals surface area contributed by atoms with Crippen LogP contribution in [0, 0.1) is 17.3 Å². The molecule has 2 nitrogen and oxygen atoms in total. The molecule has 16 heavy (non-hydrogen) atoms. The van der Waals surface area contributed by atoms with Gasteiger partial charge in [-0.25, -0.2) is 0 Å². The summed E-state index contributed by atoms with van der Waals surface area (Å²) in [5, 5.41) is 10.4. The Morgan fingerprint density at radius 1 is 1.31 bits per heavy atom. The molecule has 0 aromatic rings. The summed E-state index contributed by atoms with van der Waals surface area (Å²) in [7, 11) is 0. The van der Waals surface area contributed by atoms with Gasteiger partial charge in [-0.2, -0.15) is 0 Å². The van der Waals surface area contributed by atoms with E-state index in [1.165, 1.54) is 5.57 Å². The van der Waals surface area contributed by atoms with Crippen LogP contribution in [0.2, 0.25) is 0 Å². The average molecular weight is 222 g/mol. The molecule has 0 spiro atoms. The smallest absolute Gasteiger partial charge is 0.155 e. The van der Waals surface area contributed by atoms with Crippen LogP contribution in [0.4, 0.5) is 0 Å². The minimum Gasteiger partial charge on any atom is -0.390 e. The predicted molar refractivity (Wildman–Crippen MR) is 64.0 cm³/mol. The second kappa shape index (κ2) is 3.43. The standard InChI is InChI=1S/C14H22O2/c1-9-10(2)14(4,16)8-11-7-12(15)5-6-13(9,11)3/h7,9-10,16H,5-6,8H2,1-4H3/t9?,10?,13-,14?/m1/s1. The molecule has 2 aliphatic rings. The van der Waals surface area contributed by atoms with Crippen molar-refractivity contribution in [3.8, 4) is 0 Å². The summed E-state index contributed by atoms with van der Waals surface area (Å²) in [6.07, 6.45) is 4.06. The van der Waals surface area contributed by atoms with Crippen LogP contribution in [0.15, 0.2) is 11.6 Å². The van der Waals surface area contributed by atoms with Gasteiger partial charge < -0.3 is 5.11 Å². The molecule has 90 valence electrons. The molecule has 1 fully saturated rings. The molecule has 2 rings (SSSR count). The SMILES string of the molecule is CC1C(C)[C@@]2(C)CCC(=O)C=C2CC1(C)O. The van der Waals surface area contributed by atoms with Crippen molar-refractivity contribution in [1.29, 1.82) is 0 Å². The van der Waals surface area contributed by atoms with E-state index in [-0.39, 0.29) is 17.1 Å². The van der Waals surface area contributed by atoms with Crippen molar-refractivity contribution < 1.29 is 9.90 Å². The molecule has 1 N–H and O–H groups in total. The van der Waals surface area contributed by atoms with Gasteiger partial charge >= 0.3 is 0 Å². The lowest BCUT2D eigenvalue weighted by Crippen LogP contribution is -2.50. The Morgan fingerprint density at radius 3 is 2.56 bits per heavy atom. The highest BCUT2D eigenvalue weighted by Gasteiger charge is 2.50. The number of allylic oxidation sites excluding steroid dienone is 1. The van der Waals surface area contributed by atoms with Crippen LogP contribution in [0.3, 0.4) is 0 Å². The minimum atomic E-state index is -0.664. The Hall–Kier alpha value is -0.630. The maximum atomic E-state index is 11.5. The molecule has 0 aliphatic heterocycles. The number of hydrogen-bond donors (Lipinski definition) is 1. The van der Waals surface area contributed by atoms with Crippen LogP contribution in [-0.2, 0) is 4.79 Å². The summed E-state index contributed by atoms with van der Waals surface area (Å²) in [6, 6.07) is 0. The first-order valence-electron chi connectivity index (χ1n) is 6.23. The van der Waals surface area contributed by atoms with Crippen LogP contribution in [-0.4, -0.2) is 16.5 Å². The number of ketones is 1. The van der Waals surface area contributed by atoms with E-state index in [0.29, 0.717) is 18.8 Å². The molecule has 2 aliphatic carbocycles. The van der Waals surface area contributed by atoms with Gasteiger partial charge in [0.25, 0.3) is 0 Å². The van der Waals surface area contributed by atoms with Gasteiger partial charge in [0.1, 0.15) is 0 Å². The average Bonchev–Trinajstić information content (AvgIpc) is 2.19. The minimum absolute atomic E-state index is 0.121. The second-order valence-electron chi connectivity index (χ2n) is 6.16. The molecule has 1 saturated carbocycles. The lowest BCUT2D eigenvalue weighted by molar-refractivity contribution is -0.118. The van der Waals surface area contributed by atoms with Crippen LogP contribution in [0.5, 0.6) is 0 Å². The van der Waals surface area contributed by atoms with E-state index in [4.69, 9.17) is 0 Å². The molecular formula is C14H22O2. The van der Waals surface area contributed by atoms with E-state index >= 15 is 0 Å². The van der Waals surface area contributed by atoms with Crippen LogP contribution in [0.25, 0.3) is 0 Å². The molecule has 3 unspecified atom stereocenters. The number of fused-ring (bicyclic) bond motifs is 1. The summed E-state index contributed by atoms with van der Waals surface area (Å²) in [6.45, 7) is 8.49. The first-order valence-corrected chi connectivity index (χ1v) is 6.23. The van der Waals surface area contributed by atoms with E-state index in [1.807, 2.05) is 6.92 Å². The quantitative estimate of drug-likeness (QED) is 0.684. The lowest BCUT2D eigenvalue weighted by atomic mass is 9.53. The number of hydrogen-bond acceptors (Lipinski definition) is 2. The fourth-order valence-electron chi connectivity index (χ4n) is 3.38. The van der Waals surface area contributed by atoms with E-state index in [1.54, 1.807) is 6.08 Å². The predicted octanol–water partition coefficient (Wildman–Crippen LogP) is 2.71. The Kier molecular flexibility index (Phi) is 2.54. The van der Waals surface area contributed by atoms with Crippen molar-refractivity contribution in [2.75, 3.05) is 0 Å². The normalized spacial score (nSPS) is 48.6. The van der Waals surface area contributed by atoms with E-state index < -0.39 is 5.60 Å². The third kappa shape index (κ3) is 1.55. The molecule has 0 amide bonds. The summed E-state index contributed by atoms with van der Waals surface area (Å²) >= 11 is 0. The van der Waals surface area contributed by atoms with Crippen molar-refractivity contribution in [2.45, 2.75) is 52.6 Å². The van der Waals surface area contributed by atoms with Crippen molar-refractivity contribution in [3.63, 3.8) is 0 Å². The Bertz CT molecular complexity index is 354. The molecule has 0 heterocycles. The Balaban J connectivity index is 2.43. The molecular weight excluding hydrogens is 200 g/mol. The van der Waals surface area contributed by atoms with Crippen molar-refractivity contribution in [3.05, 3.63) is 11.6 Å². The van der Waals surface area contributed by atoms with Crippen molar-refractivity contribution in [2.24, 2.45) is 17.3 Å². The highest BCUT2D eigenvalue weighted by atomic mass is 16.3. The zero-order chi connectivity index (χ0) is 12.1. The molecule has 0 saturated heterocycles. The summed E-state index contributed by atoms with van der Waals surface area (Å²) < 4.78 is 0. The molecule has 0 aromatic carbocycles. The van der Waals surface area contributed by atoms with Gasteiger partial charge in [-0.3, -0.25) is 4.79 Å². The van der Waals surface area contributed by atoms with Crippen LogP contribution >= 0.6 is 0 Å². The van der Waals surface area contributed by atoms with Gasteiger partial charge in [0, 0.05) is 6.42 Å². The fourth-order valence-corrected chi connectivity index (χ4v) is 3.38. The Morgan fingerprint density at radius 2 is 1.94 bits per heavy atom. The molecule has 2 heteroatoms. The molecule has 0 radical (unpaired) electrons. The van der Waals surface area contributed by atoms with Crippen molar-refractivity contribution in [1.82, 2.24) is 0 Å². The third-order valence-corrected chi connectivity index (χ3v) is 5.24. The van der Waals surface area contributed by atoms with Gasteiger partial charge in [-0.1, -0.05) is 26.3 Å². The maximum absolute atomic E-state index is 11.5. The number of carbonyl (C=O) groups is 1. The molecule has 4 atom stereocenters. The van der Waals surface area contributed by atoms with Gasteiger partial charge in [-0.15, -0.1) is 0 Å². The van der Waals surface area contributed by atoms with E-state index in [9.17, 15) is 9.90 Å². The van der Waals surface area contributed by atoms with E-state index in [0.717, 1.165) is 6.42 Å². The number of rotatable bonds is 0. The summed E-state index contributed by atoms with van der Waals surface area (Å²) in [4.78, 5) is 11.5.